The van der Waals surface area contributed by atoms with Crippen LogP contribution in [0, 0.1) is 0 Å². The molecule has 1 atom stereocenters. The number of carbonyl (C=O) groups excluding carboxylic acids is 2. The van der Waals surface area contributed by atoms with Crippen LogP contribution in [0.4, 0.5) is 22.0 Å². The van der Waals surface area contributed by atoms with Crippen LogP contribution in [-0.2, 0) is 22.4 Å². The number of rotatable bonds is 9. The molecular weight excluding hydrogens is 514 g/mol. The third-order valence-corrected chi connectivity index (χ3v) is 6.90. The Balaban J connectivity index is 1.27. The lowest BCUT2D eigenvalue weighted by atomic mass is 10.0. The van der Waals surface area contributed by atoms with Crippen LogP contribution in [0.25, 0.3) is 10.8 Å². The van der Waals surface area contributed by atoms with E-state index in [2.05, 4.69) is 32.7 Å². The van der Waals surface area contributed by atoms with Crippen LogP contribution in [0.5, 0.6) is 0 Å². The van der Waals surface area contributed by atoms with Gasteiger partial charge in [0.25, 0.3) is 0 Å². The fraction of sp³-hybridized carbons (Fsp3) is 0.152. The minimum Gasteiger partial charge on any atom is -0.467 e. The number of ether oxygens (including phenoxy) is 1. The second-order valence-corrected chi connectivity index (χ2v) is 9.66. The van der Waals surface area contributed by atoms with Gasteiger partial charge in [0.15, 0.2) is 0 Å². The fourth-order valence-corrected chi connectivity index (χ4v) is 4.71. The van der Waals surface area contributed by atoms with Crippen molar-refractivity contribution < 1.29 is 14.3 Å². The van der Waals surface area contributed by atoms with E-state index in [4.69, 9.17) is 4.74 Å². The Labute approximate surface area is 239 Å². The van der Waals surface area contributed by atoms with Crippen LogP contribution in [0.2, 0.25) is 0 Å². The summed E-state index contributed by atoms with van der Waals surface area (Å²) in [5, 5.41) is 8.16. The predicted molar refractivity (Wildman–Crippen MR) is 161 cm³/mol. The molecule has 0 saturated heterocycles. The number of amides is 2. The number of urea groups is 1. The smallest absolute Gasteiger partial charge is 0.328 e. The molecule has 206 valence electrons. The highest BCUT2D eigenvalue weighted by Crippen LogP contribution is 2.25. The molecule has 8 heteroatoms. The standard InChI is InChI=1S/C33H31N5O3/c1-38(30-11-7-6-10-25(30)20-23-8-4-3-5-9-23)33(40)37-29(32(39)41-2)21-24-12-14-27(15-13-24)36-31-28-17-18-34-22-26(28)16-19-35-31/h3-19,22,29H,20-21H2,1-2H3,(H,35,36)(H,37,40). The number of benzene rings is 3. The van der Waals surface area contributed by atoms with E-state index in [-0.39, 0.29) is 6.42 Å². The highest BCUT2D eigenvalue weighted by molar-refractivity contribution is 5.95. The van der Waals surface area contributed by atoms with Crippen molar-refractivity contribution in [3.05, 3.63) is 126 Å². The molecular formula is C33H31N5O3. The maximum Gasteiger partial charge on any atom is 0.328 e. The van der Waals surface area contributed by atoms with Gasteiger partial charge in [-0.3, -0.25) is 9.88 Å². The lowest BCUT2D eigenvalue weighted by Gasteiger charge is -2.24. The summed E-state index contributed by atoms with van der Waals surface area (Å²) in [6, 6.07) is 28.1. The van der Waals surface area contributed by atoms with Gasteiger partial charge in [-0.05, 0) is 53.4 Å². The van der Waals surface area contributed by atoms with Gasteiger partial charge in [-0.15, -0.1) is 0 Å². The molecule has 5 aromatic rings. The average Bonchev–Trinajstić information content (AvgIpc) is 3.02. The number of fused-ring (bicyclic) bond motifs is 1. The van der Waals surface area contributed by atoms with Crippen molar-refractivity contribution in [3.8, 4) is 0 Å². The number of pyridine rings is 2. The summed E-state index contributed by atoms with van der Waals surface area (Å²) in [5.74, 6) is 0.216. The molecule has 3 aromatic carbocycles. The van der Waals surface area contributed by atoms with Gasteiger partial charge >= 0.3 is 12.0 Å². The first-order valence-corrected chi connectivity index (χ1v) is 13.3. The Hall–Kier alpha value is -5.24. The normalized spacial score (nSPS) is 11.5. The first-order valence-electron chi connectivity index (χ1n) is 13.3. The van der Waals surface area contributed by atoms with Crippen molar-refractivity contribution in [1.82, 2.24) is 15.3 Å². The Bertz CT molecular complexity index is 1640. The Morgan fingerprint density at radius 2 is 1.63 bits per heavy atom. The van der Waals surface area contributed by atoms with Crippen LogP contribution in [-0.4, -0.2) is 42.2 Å². The summed E-state index contributed by atoms with van der Waals surface area (Å²) < 4.78 is 5.02. The number of hydrogen-bond donors (Lipinski definition) is 2. The van der Waals surface area contributed by atoms with Gasteiger partial charge in [0.05, 0.1) is 7.11 Å². The molecule has 2 heterocycles. The first kappa shape index (κ1) is 27.3. The van der Waals surface area contributed by atoms with Crippen molar-refractivity contribution in [2.45, 2.75) is 18.9 Å². The van der Waals surface area contributed by atoms with Gasteiger partial charge < -0.3 is 15.4 Å². The van der Waals surface area contributed by atoms with Gasteiger partial charge in [0.1, 0.15) is 11.9 Å². The largest absolute Gasteiger partial charge is 0.467 e. The van der Waals surface area contributed by atoms with Gasteiger partial charge in [-0.2, -0.15) is 0 Å². The van der Waals surface area contributed by atoms with E-state index < -0.39 is 18.0 Å². The molecule has 0 aliphatic heterocycles. The number of carbonyl (C=O) groups is 2. The molecule has 0 spiro atoms. The zero-order valence-corrected chi connectivity index (χ0v) is 23.0. The minimum absolute atomic E-state index is 0.274. The molecule has 2 aromatic heterocycles. The van der Waals surface area contributed by atoms with Gasteiger partial charge in [-0.1, -0.05) is 60.7 Å². The molecule has 0 aliphatic carbocycles. The molecule has 0 saturated carbocycles. The number of aromatic nitrogens is 2. The van der Waals surface area contributed by atoms with Crippen LogP contribution >= 0.6 is 0 Å². The number of anilines is 3. The van der Waals surface area contributed by atoms with Crippen LogP contribution in [0.1, 0.15) is 16.7 Å². The Morgan fingerprint density at radius 3 is 2.41 bits per heavy atom. The summed E-state index contributed by atoms with van der Waals surface area (Å²) in [4.78, 5) is 36.1. The summed E-state index contributed by atoms with van der Waals surface area (Å²) in [5.41, 5.74) is 4.64. The molecule has 2 amide bonds. The first-order chi connectivity index (χ1) is 20.0. The third kappa shape index (κ3) is 6.67. The van der Waals surface area contributed by atoms with Crippen molar-refractivity contribution in [1.29, 1.82) is 0 Å². The Morgan fingerprint density at radius 1 is 0.878 bits per heavy atom. The van der Waals surface area contributed by atoms with Crippen LogP contribution < -0.4 is 15.5 Å². The summed E-state index contributed by atoms with van der Waals surface area (Å²) in [6.07, 6.45) is 6.23. The molecule has 0 radical (unpaired) electrons. The summed E-state index contributed by atoms with van der Waals surface area (Å²) in [7, 11) is 3.02. The molecule has 8 nitrogen and oxygen atoms in total. The second-order valence-electron chi connectivity index (χ2n) is 9.66. The van der Waals surface area contributed by atoms with Crippen molar-refractivity contribution in [2.24, 2.45) is 0 Å². The highest BCUT2D eigenvalue weighted by Gasteiger charge is 2.25. The van der Waals surface area contributed by atoms with E-state index in [1.807, 2.05) is 78.9 Å². The maximum absolute atomic E-state index is 13.3. The van der Waals surface area contributed by atoms with E-state index >= 15 is 0 Å². The Kier molecular flexibility index (Phi) is 8.49. The molecule has 0 bridgehead atoms. The minimum atomic E-state index is -0.859. The van der Waals surface area contributed by atoms with E-state index in [1.165, 1.54) is 12.0 Å². The molecule has 0 aliphatic rings. The predicted octanol–water partition coefficient (Wildman–Crippen LogP) is 5.89. The SMILES string of the molecule is COC(=O)C(Cc1ccc(Nc2nccc3cnccc23)cc1)NC(=O)N(C)c1ccccc1Cc1ccccc1. The topological polar surface area (TPSA) is 96.5 Å². The molecule has 41 heavy (non-hydrogen) atoms. The zero-order chi connectivity index (χ0) is 28.6. The number of para-hydroxylation sites is 1. The molecule has 5 rings (SSSR count). The lowest BCUT2D eigenvalue weighted by Crippen LogP contribution is -2.48. The molecule has 1 unspecified atom stereocenters. The molecule has 2 N–H and O–H groups in total. The average molecular weight is 546 g/mol. The summed E-state index contributed by atoms with van der Waals surface area (Å²) >= 11 is 0. The lowest BCUT2D eigenvalue weighted by molar-refractivity contribution is -0.142. The van der Waals surface area contributed by atoms with Crippen LogP contribution in [0.3, 0.4) is 0 Å². The van der Waals surface area contributed by atoms with Gasteiger partial charge in [-0.25, -0.2) is 14.6 Å². The van der Waals surface area contributed by atoms with E-state index in [0.717, 1.165) is 44.7 Å². The van der Waals surface area contributed by atoms with Crippen molar-refractivity contribution in [2.75, 3.05) is 24.4 Å². The summed E-state index contributed by atoms with van der Waals surface area (Å²) in [6.45, 7) is 0. The van der Waals surface area contributed by atoms with Gasteiger partial charge in [0.2, 0.25) is 0 Å². The number of nitrogens with one attached hydrogen (secondary N) is 2. The van der Waals surface area contributed by atoms with Crippen molar-refractivity contribution in [3.63, 3.8) is 0 Å². The number of hydrogen-bond acceptors (Lipinski definition) is 6. The maximum atomic E-state index is 13.3. The van der Waals surface area contributed by atoms with Crippen LogP contribution in [0.15, 0.2) is 110 Å². The quantitative estimate of drug-likeness (QED) is 0.224. The number of methoxy groups -OCH3 is 1. The number of esters is 1. The zero-order valence-electron chi connectivity index (χ0n) is 23.0. The highest BCUT2D eigenvalue weighted by atomic mass is 16.5. The van der Waals surface area contributed by atoms with Crippen molar-refractivity contribution >= 4 is 40.0 Å². The fourth-order valence-electron chi connectivity index (χ4n) is 4.71. The van der Waals surface area contributed by atoms with E-state index in [1.54, 1.807) is 25.6 Å². The molecule has 0 fully saturated rings. The number of nitrogens with zero attached hydrogens (tertiary/aromatic N) is 3. The third-order valence-electron chi connectivity index (χ3n) is 6.90. The monoisotopic (exact) mass is 545 g/mol. The van der Waals surface area contributed by atoms with E-state index in [9.17, 15) is 9.59 Å². The van der Waals surface area contributed by atoms with Gasteiger partial charge in [0, 0.05) is 54.2 Å². The van der Waals surface area contributed by atoms with E-state index in [0.29, 0.717) is 6.42 Å². The second kappa shape index (κ2) is 12.7.